The highest BCUT2D eigenvalue weighted by Crippen LogP contribution is 2.05. The second-order valence-corrected chi connectivity index (χ2v) is 4.92. The van der Waals surface area contributed by atoms with Gasteiger partial charge >= 0.3 is 0 Å². The zero-order chi connectivity index (χ0) is 15.1. The number of carbonyl (C=O) groups excluding carboxylic acids is 2. The summed E-state index contributed by atoms with van der Waals surface area (Å²) in [6.45, 7) is 5.93. The van der Waals surface area contributed by atoms with Gasteiger partial charge in [0.25, 0.3) is 0 Å². The Kier molecular flexibility index (Phi) is 5.45. The molecule has 2 N–H and O–H groups in total. The molecule has 1 aromatic heterocycles. The fourth-order valence-electron chi connectivity index (χ4n) is 2.25. The normalized spacial score (nSPS) is 18.4. The summed E-state index contributed by atoms with van der Waals surface area (Å²) >= 11 is 0. The van der Waals surface area contributed by atoms with Crippen molar-refractivity contribution in [1.82, 2.24) is 20.5 Å². The van der Waals surface area contributed by atoms with E-state index in [0.29, 0.717) is 26.2 Å². The van der Waals surface area contributed by atoms with Gasteiger partial charge in [-0.15, -0.1) is 6.58 Å². The molecule has 1 aliphatic heterocycles. The summed E-state index contributed by atoms with van der Waals surface area (Å²) in [4.78, 5) is 29.8. The number of amides is 2. The van der Waals surface area contributed by atoms with Crippen LogP contribution in [0.1, 0.15) is 12.0 Å². The van der Waals surface area contributed by atoms with E-state index in [9.17, 15) is 9.59 Å². The molecule has 1 unspecified atom stereocenters. The minimum atomic E-state index is -0.451. The lowest BCUT2D eigenvalue weighted by Gasteiger charge is -2.32. The lowest BCUT2D eigenvalue weighted by Crippen LogP contribution is -2.56. The Morgan fingerprint density at radius 1 is 1.62 bits per heavy atom. The Labute approximate surface area is 124 Å². The van der Waals surface area contributed by atoms with Gasteiger partial charge in [0.1, 0.15) is 0 Å². The first-order chi connectivity index (χ1) is 10.2. The van der Waals surface area contributed by atoms with E-state index in [1.54, 1.807) is 23.4 Å². The monoisotopic (exact) mass is 288 g/mol. The number of nitrogens with zero attached hydrogens (tertiary/aromatic N) is 2. The number of aromatic nitrogens is 1. The van der Waals surface area contributed by atoms with Crippen LogP contribution < -0.4 is 10.6 Å². The van der Waals surface area contributed by atoms with Crippen LogP contribution in [0.4, 0.5) is 0 Å². The minimum absolute atomic E-state index is 0.0438. The van der Waals surface area contributed by atoms with E-state index >= 15 is 0 Å². The summed E-state index contributed by atoms with van der Waals surface area (Å²) in [5.74, 6) is -0.192. The van der Waals surface area contributed by atoms with Crippen LogP contribution in [0, 0.1) is 0 Å². The third kappa shape index (κ3) is 4.39. The molecule has 0 radical (unpaired) electrons. The number of nitrogens with one attached hydrogen (secondary N) is 2. The predicted molar refractivity (Wildman–Crippen MR) is 79.3 cm³/mol. The first-order valence-corrected chi connectivity index (χ1v) is 6.99. The number of rotatable bonds is 6. The highest BCUT2D eigenvalue weighted by molar-refractivity contribution is 5.89. The van der Waals surface area contributed by atoms with Gasteiger partial charge in [-0.1, -0.05) is 12.1 Å². The molecule has 0 aliphatic carbocycles. The predicted octanol–water partition coefficient (Wildman–Crippen LogP) is 0.0743. The van der Waals surface area contributed by atoms with E-state index in [4.69, 9.17) is 0 Å². The quantitative estimate of drug-likeness (QED) is 0.727. The van der Waals surface area contributed by atoms with E-state index in [2.05, 4.69) is 22.2 Å². The number of carbonyl (C=O) groups is 2. The van der Waals surface area contributed by atoms with Crippen LogP contribution in [0.25, 0.3) is 0 Å². The van der Waals surface area contributed by atoms with Crippen LogP contribution in [0.5, 0.6) is 0 Å². The molecule has 0 bridgehead atoms. The first kappa shape index (κ1) is 15.2. The van der Waals surface area contributed by atoms with Gasteiger partial charge in [0, 0.05) is 38.6 Å². The van der Waals surface area contributed by atoms with Crippen LogP contribution in [-0.2, 0) is 16.1 Å². The Morgan fingerprint density at radius 2 is 2.48 bits per heavy atom. The highest BCUT2D eigenvalue weighted by atomic mass is 16.2. The number of hydrogen-bond acceptors (Lipinski definition) is 4. The average Bonchev–Trinajstić information content (AvgIpc) is 2.50. The van der Waals surface area contributed by atoms with Crippen molar-refractivity contribution in [3.63, 3.8) is 0 Å². The highest BCUT2D eigenvalue weighted by Gasteiger charge is 2.29. The van der Waals surface area contributed by atoms with Crippen molar-refractivity contribution in [2.75, 3.05) is 19.6 Å². The van der Waals surface area contributed by atoms with E-state index in [1.807, 2.05) is 12.1 Å². The van der Waals surface area contributed by atoms with E-state index in [-0.39, 0.29) is 18.2 Å². The molecule has 0 aromatic carbocycles. The fraction of sp³-hybridized carbons (Fsp3) is 0.400. The molecule has 1 aliphatic rings. The first-order valence-electron chi connectivity index (χ1n) is 6.99. The van der Waals surface area contributed by atoms with Crippen molar-refractivity contribution >= 4 is 11.8 Å². The summed E-state index contributed by atoms with van der Waals surface area (Å²) in [6, 6.07) is 3.26. The lowest BCUT2D eigenvalue weighted by atomic mass is 10.1. The maximum absolute atomic E-state index is 12.2. The summed E-state index contributed by atoms with van der Waals surface area (Å²) in [6.07, 6.45) is 5.23. The number of hydrogen-bond donors (Lipinski definition) is 2. The van der Waals surface area contributed by atoms with Crippen molar-refractivity contribution in [3.8, 4) is 0 Å². The van der Waals surface area contributed by atoms with Gasteiger partial charge in [-0.05, 0) is 11.6 Å². The Hall–Kier alpha value is -2.21. The van der Waals surface area contributed by atoms with Gasteiger partial charge in [0.15, 0.2) is 0 Å². The SMILES string of the molecule is C=CCN1CCNC(CC(=O)NCc2cccnc2)C1=O. The summed E-state index contributed by atoms with van der Waals surface area (Å²) in [5, 5.41) is 5.89. The van der Waals surface area contributed by atoms with Gasteiger partial charge in [-0.2, -0.15) is 0 Å². The molecule has 21 heavy (non-hydrogen) atoms. The van der Waals surface area contributed by atoms with Gasteiger partial charge in [0.2, 0.25) is 11.8 Å². The molecular weight excluding hydrogens is 268 g/mol. The molecule has 1 saturated heterocycles. The maximum atomic E-state index is 12.2. The standard InChI is InChI=1S/C15H20N4O2/c1-2-7-19-8-6-17-13(15(19)21)9-14(20)18-11-12-4-3-5-16-10-12/h2-5,10,13,17H,1,6-9,11H2,(H,18,20). The van der Waals surface area contributed by atoms with Crippen molar-refractivity contribution in [2.24, 2.45) is 0 Å². The molecule has 6 nitrogen and oxygen atoms in total. The van der Waals surface area contributed by atoms with Crippen molar-refractivity contribution in [1.29, 1.82) is 0 Å². The number of pyridine rings is 1. The molecule has 0 saturated carbocycles. The van der Waals surface area contributed by atoms with Crippen molar-refractivity contribution in [3.05, 3.63) is 42.7 Å². The third-order valence-electron chi connectivity index (χ3n) is 3.33. The van der Waals surface area contributed by atoms with Gasteiger partial charge in [-0.25, -0.2) is 0 Å². The Balaban J connectivity index is 1.81. The molecule has 2 heterocycles. The molecule has 112 valence electrons. The van der Waals surface area contributed by atoms with E-state index in [1.165, 1.54) is 0 Å². The molecule has 1 atom stereocenters. The summed E-state index contributed by atoms with van der Waals surface area (Å²) in [5.41, 5.74) is 0.932. The largest absolute Gasteiger partial charge is 0.352 e. The topological polar surface area (TPSA) is 74.3 Å². The van der Waals surface area contributed by atoms with Crippen molar-refractivity contribution < 1.29 is 9.59 Å². The summed E-state index contributed by atoms with van der Waals surface area (Å²) in [7, 11) is 0. The minimum Gasteiger partial charge on any atom is -0.352 e. The molecular formula is C15H20N4O2. The van der Waals surface area contributed by atoms with Crippen LogP contribution in [-0.4, -0.2) is 47.4 Å². The van der Waals surface area contributed by atoms with E-state index in [0.717, 1.165) is 5.56 Å². The molecule has 1 aromatic rings. The maximum Gasteiger partial charge on any atom is 0.240 e. The Morgan fingerprint density at radius 3 is 3.19 bits per heavy atom. The average molecular weight is 288 g/mol. The number of piperazine rings is 1. The Bertz CT molecular complexity index is 504. The molecule has 6 heteroatoms. The van der Waals surface area contributed by atoms with Crippen LogP contribution in [0.15, 0.2) is 37.2 Å². The second kappa shape index (κ2) is 7.54. The zero-order valence-electron chi connectivity index (χ0n) is 11.9. The smallest absolute Gasteiger partial charge is 0.240 e. The van der Waals surface area contributed by atoms with E-state index < -0.39 is 6.04 Å². The lowest BCUT2D eigenvalue weighted by molar-refractivity contribution is -0.137. The van der Waals surface area contributed by atoms with Crippen molar-refractivity contribution in [2.45, 2.75) is 19.0 Å². The van der Waals surface area contributed by atoms with Gasteiger partial charge in [-0.3, -0.25) is 14.6 Å². The van der Waals surface area contributed by atoms with Gasteiger partial charge < -0.3 is 15.5 Å². The fourth-order valence-corrected chi connectivity index (χ4v) is 2.25. The second-order valence-electron chi connectivity index (χ2n) is 4.92. The van der Waals surface area contributed by atoms with Crippen LogP contribution >= 0.6 is 0 Å². The van der Waals surface area contributed by atoms with Gasteiger partial charge in [0.05, 0.1) is 12.5 Å². The molecule has 1 fully saturated rings. The molecule has 2 amide bonds. The third-order valence-corrected chi connectivity index (χ3v) is 3.33. The van der Waals surface area contributed by atoms with Crippen LogP contribution in [0.2, 0.25) is 0 Å². The zero-order valence-corrected chi connectivity index (χ0v) is 11.9. The molecule has 0 spiro atoms. The summed E-state index contributed by atoms with van der Waals surface area (Å²) < 4.78 is 0. The molecule has 2 rings (SSSR count). The van der Waals surface area contributed by atoms with Crippen LogP contribution in [0.3, 0.4) is 0 Å².